The van der Waals surface area contributed by atoms with Crippen LogP contribution in [0.4, 0.5) is 10.1 Å². The molecule has 5 heteroatoms. The van der Waals surface area contributed by atoms with E-state index in [4.69, 9.17) is 5.21 Å². The Morgan fingerprint density at radius 2 is 2.20 bits per heavy atom. The summed E-state index contributed by atoms with van der Waals surface area (Å²) < 4.78 is 12.9. The van der Waals surface area contributed by atoms with Gasteiger partial charge in [-0.05, 0) is 37.6 Å². The predicted molar refractivity (Wildman–Crippen MR) is 54.2 cm³/mol. The van der Waals surface area contributed by atoms with Crippen molar-refractivity contribution in [2.24, 2.45) is 0 Å². The summed E-state index contributed by atoms with van der Waals surface area (Å²) in [5, 5.41) is 11.2. The molecule has 3 N–H and O–H groups in total. The van der Waals surface area contributed by atoms with E-state index in [1.165, 1.54) is 17.6 Å². The lowest BCUT2D eigenvalue weighted by Crippen LogP contribution is -2.35. The fraction of sp³-hybridized carbons (Fsp3) is 0.300. The van der Waals surface area contributed by atoms with Crippen molar-refractivity contribution in [1.29, 1.82) is 0 Å². The van der Waals surface area contributed by atoms with Crippen LogP contribution in [0.15, 0.2) is 18.2 Å². The highest BCUT2D eigenvalue weighted by Crippen LogP contribution is 2.14. The lowest BCUT2D eigenvalue weighted by molar-refractivity contribution is -0.129. The first kappa shape index (κ1) is 11.5. The van der Waals surface area contributed by atoms with E-state index in [0.717, 1.165) is 0 Å². The van der Waals surface area contributed by atoms with Gasteiger partial charge >= 0.3 is 0 Å². The molecule has 0 saturated heterocycles. The van der Waals surface area contributed by atoms with Crippen molar-refractivity contribution in [2.75, 3.05) is 5.32 Å². The monoisotopic (exact) mass is 212 g/mol. The molecule has 1 rings (SSSR count). The topological polar surface area (TPSA) is 61.4 Å². The number of hydrogen-bond acceptors (Lipinski definition) is 3. The molecule has 15 heavy (non-hydrogen) atoms. The van der Waals surface area contributed by atoms with Crippen molar-refractivity contribution in [3.8, 4) is 0 Å². The van der Waals surface area contributed by atoms with Crippen molar-refractivity contribution in [3.05, 3.63) is 29.6 Å². The van der Waals surface area contributed by atoms with Gasteiger partial charge in [-0.2, -0.15) is 0 Å². The summed E-state index contributed by atoms with van der Waals surface area (Å²) in [6, 6.07) is 3.86. The smallest absolute Gasteiger partial charge is 0.265 e. The van der Waals surface area contributed by atoms with Crippen LogP contribution >= 0.6 is 0 Å². The quantitative estimate of drug-likeness (QED) is 0.525. The van der Waals surface area contributed by atoms with Gasteiger partial charge in [-0.25, -0.2) is 9.87 Å². The maximum absolute atomic E-state index is 12.9. The number of carbonyl (C=O) groups excluding carboxylic acids is 1. The molecule has 1 unspecified atom stereocenters. The highest BCUT2D eigenvalue weighted by molar-refractivity contribution is 5.83. The molecule has 0 aliphatic carbocycles. The summed E-state index contributed by atoms with van der Waals surface area (Å²) in [7, 11) is 0. The van der Waals surface area contributed by atoms with Gasteiger partial charge in [0.2, 0.25) is 0 Å². The Morgan fingerprint density at radius 3 is 2.73 bits per heavy atom. The fourth-order valence-electron chi connectivity index (χ4n) is 1.15. The third-order valence-electron chi connectivity index (χ3n) is 2.04. The molecule has 1 atom stereocenters. The van der Waals surface area contributed by atoms with E-state index < -0.39 is 11.9 Å². The molecule has 0 aliphatic heterocycles. The maximum atomic E-state index is 12.9. The molecule has 4 nitrogen and oxygen atoms in total. The molecule has 82 valence electrons. The summed E-state index contributed by atoms with van der Waals surface area (Å²) in [5.41, 5.74) is 2.66. The molecule has 1 aromatic rings. The van der Waals surface area contributed by atoms with E-state index in [1.807, 2.05) is 0 Å². The Kier molecular flexibility index (Phi) is 3.62. The molecule has 0 spiro atoms. The minimum Gasteiger partial charge on any atom is -0.374 e. The molecule has 0 fully saturated rings. The lowest BCUT2D eigenvalue weighted by atomic mass is 10.2. The minimum atomic E-state index is -0.583. The molecule has 0 aliphatic rings. The van der Waals surface area contributed by atoms with Gasteiger partial charge in [-0.3, -0.25) is 10.0 Å². The first-order valence-electron chi connectivity index (χ1n) is 4.51. The van der Waals surface area contributed by atoms with Gasteiger partial charge in [0.15, 0.2) is 0 Å². The average molecular weight is 212 g/mol. The predicted octanol–water partition coefficient (Wildman–Crippen LogP) is 1.44. The van der Waals surface area contributed by atoms with E-state index in [1.54, 1.807) is 19.9 Å². The van der Waals surface area contributed by atoms with E-state index in [0.29, 0.717) is 11.3 Å². The number of aryl methyl sites for hydroxylation is 1. The third kappa shape index (κ3) is 2.92. The van der Waals surface area contributed by atoms with Crippen LogP contribution in [0.1, 0.15) is 12.5 Å². The number of halogens is 1. The normalized spacial score (nSPS) is 12.0. The van der Waals surface area contributed by atoms with E-state index in [-0.39, 0.29) is 5.82 Å². The Bertz CT molecular complexity index is 368. The van der Waals surface area contributed by atoms with Crippen LogP contribution < -0.4 is 10.8 Å². The minimum absolute atomic E-state index is 0.292. The summed E-state index contributed by atoms with van der Waals surface area (Å²) in [6.07, 6.45) is 0. The van der Waals surface area contributed by atoms with Crippen molar-refractivity contribution < 1.29 is 14.4 Å². The second-order valence-corrected chi connectivity index (χ2v) is 3.31. The summed E-state index contributed by atoms with van der Waals surface area (Å²) in [4.78, 5) is 11.0. The third-order valence-corrected chi connectivity index (χ3v) is 2.04. The molecule has 0 radical (unpaired) electrons. The van der Waals surface area contributed by atoms with Crippen LogP contribution in [0.5, 0.6) is 0 Å². The first-order chi connectivity index (χ1) is 7.04. The Labute approximate surface area is 87.1 Å². The highest BCUT2D eigenvalue weighted by Gasteiger charge is 2.11. The largest absolute Gasteiger partial charge is 0.374 e. The Hall–Kier alpha value is -1.62. The fourth-order valence-corrected chi connectivity index (χ4v) is 1.15. The zero-order valence-corrected chi connectivity index (χ0v) is 8.54. The number of benzene rings is 1. The summed E-state index contributed by atoms with van der Waals surface area (Å²) >= 11 is 0. The Morgan fingerprint density at radius 1 is 1.53 bits per heavy atom. The van der Waals surface area contributed by atoms with Gasteiger partial charge in [-0.1, -0.05) is 0 Å². The molecule has 0 bridgehead atoms. The SMILES string of the molecule is Cc1cc(NC(C)C(=O)NO)ccc1F. The van der Waals surface area contributed by atoms with Crippen LogP contribution in [0.3, 0.4) is 0 Å². The van der Waals surface area contributed by atoms with Gasteiger partial charge in [0, 0.05) is 5.69 Å². The standard InChI is InChI=1S/C10H13FN2O2/c1-6-5-8(3-4-9(6)11)12-7(2)10(14)13-15/h3-5,7,12,15H,1-2H3,(H,13,14). The number of anilines is 1. The second-order valence-electron chi connectivity index (χ2n) is 3.31. The van der Waals surface area contributed by atoms with Crippen LogP contribution in [0.2, 0.25) is 0 Å². The van der Waals surface area contributed by atoms with Gasteiger partial charge < -0.3 is 5.32 Å². The van der Waals surface area contributed by atoms with Crippen molar-refractivity contribution >= 4 is 11.6 Å². The molecule has 0 saturated carbocycles. The Balaban J connectivity index is 2.73. The van der Waals surface area contributed by atoms with Gasteiger partial charge in [0.25, 0.3) is 5.91 Å². The lowest BCUT2D eigenvalue weighted by Gasteiger charge is -2.13. The summed E-state index contributed by atoms with van der Waals surface area (Å²) in [5.74, 6) is -0.836. The van der Waals surface area contributed by atoms with Crippen molar-refractivity contribution in [1.82, 2.24) is 5.48 Å². The zero-order valence-electron chi connectivity index (χ0n) is 8.54. The first-order valence-corrected chi connectivity index (χ1v) is 4.51. The van der Waals surface area contributed by atoms with Crippen LogP contribution in [0.25, 0.3) is 0 Å². The number of amides is 1. The molecule has 1 amide bonds. The van der Waals surface area contributed by atoms with Crippen molar-refractivity contribution in [2.45, 2.75) is 19.9 Å². The van der Waals surface area contributed by atoms with Gasteiger partial charge in [-0.15, -0.1) is 0 Å². The highest BCUT2D eigenvalue weighted by atomic mass is 19.1. The van der Waals surface area contributed by atoms with E-state index in [2.05, 4.69) is 5.32 Å². The van der Waals surface area contributed by atoms with Crippen LogP contribution in [-0.4, -0.2) is 17.2 Å². The van der Waals surface area contributed by atoms with Crippen LogP contribution in [0, 0.1) is 12.7 Å². The van der Waals surface area contributed by atoms with Gasteiger partial charge in [0.05, 0.1) is 0 Å². The average Bonchev–Trinajstić information content (AvgIpc) is 2.22. The summed E-state index contributed by atoms with van der Waals surface area (Å²) in [6.45, 7) is 3.22. The van der Waals surface area contributed by atoms with Gasteiger partial charge in [0.1, 0.15) is 11.9 Å². The van der Waals surface area contributed by atoms with Crippen molar-refractivity contribution in [3.63, 3.8) is 0 Å². The van der Waals surface area contributed by atoms with E-state index in [9.17, 15) is 9.18 Å². The number of rotatable bonds is 3. The maximum Gasteiger partial charge on any atom is 0.265 e. The number of hydrogen-bond donors (Lipinski definition) is 3. The van der Waals surface area contributed by atoms with Crippen LogP contribution in [-0.2, 0) is 4.79 Å². The number of carbonyl (C=O) groups is 1. The molecule has 0 heterocycles. The zero-order chi connectivity index (χ0) is 11.4. The number of hydroxylamine groups is 1. The van der Waals surface area contributed by atoms with E-state index >= 15 is 0 Å². The molecular weight excluding hydrogens is 199 g/mol. The molecule has 1 aromatic carbocycles. The molecular formula is C10H13FN2O2. The number of nitrogens with one attached hydrogen (secondary N) is 2. The second kappa shape index (κ2) is 4.75. The molecule has 0 aromatic heterocycles.